The molecule has 0 fully saturated rings. The summed E-state index contributed by atoms with van der Waals surface area (Å²) in [6, 6.07) is 21.3. The van der Waals surface area contributed by atoms with Crippen molar-refractivity contribution < 1.29 is 17.2 Å². The van der Waals surface area contributed by atoms with Gasteiger partial charge in [0.25, 0.3) is 0 Å². The second-order valence-corrected chi connectivity index (χ2v) is 13.7. The van der Waals surface area contributed by atoms with Crippen LogP contribution in [0, 0.1) is 25.5 Å². The highest BCUT2D eigenvalue weighted by molar-refractivity contribution is 7.89. The number of aromatic nitrogens is 2. The number of allylic oxidation sites excluding steroid dienone is 4. The third-order valence-corrected chi connectivity index (χ3v) is 9.89. The molecule has 2 aliphatic rings. The van der Waals surface area contributed by atoms with Crippen molar-refractivity contribution in [1.82, 2.24) is 9.97 Å². The maximum Gasteiger partial charge on any atom is 0.158 e. The van der Waals surface area contributed by atoms with Gasteiger partial charge in [-0.05, 0) is 122 Å². The fourth-order valence-electron chi connectivity index (χ4n) is 6.34. The van der Waals surface area contributed by atoms with Gasteiger partial charge in [0, 0.05) is 22.5 Å². The predicted molar refractivity (Wildman–Crippen MR) is 168 cm³/mol. The maximum absolute atomic E-state index is 15.3. The predicted octanol–water partition coefficient (Wildman–Crippen LogP) is 8.68. The second kappa shape index (κ2) is 12.0. The summed E-state index contributed by atoms with van der Waals surface area (Å²) in [6.07, 6.45) is 5.30. The molecule has 43 heavy (non-hydrogen) atoms. The van der Waals surface area contributed by atoms with E-state index in [1.165, 1.54) is 12.1 Å². The molecule has 0 saturated heterocycles. The Labute approximate surface area is 252 Å². The molecule has 2 aromatic carbocycles. The number of halogens is 2. The highest BCUT2D eigenvalue weighted by Crippen LogP contribution is 2.41. The van der Waals surface area contributed by atoms with Crippen LogP contribution in [-0.4, -0.2) is 18.4 Å². The van der Waals surface area contributed by atoms with Crippen molar-refractivity contribution in [1.29, 1.82) is 0 Å². The third-order valence-electron chi connectivity index (χ3n) is 8.38. The van der Waals surface area contributed by atoms with Crippen LogP contribution >= 0.6 is 0 Å². The molecule has 0 amide bonds. The van der Waals surface area contributed by atoms with E-state index in [0.717, 1.165) is 94.7 Å². The summed E-state index contributed by atoms with van der Waals surface area (Å²) >= 11 is 0. The van der Waals surface area contributed by atoms with E-state index in [-0.39, 0.29) is 11.1 Å². The van der Waals surface area contributed by atoms with E-state index in [9.17, 15) is 8.42 Å². The van der Waals surface area contributed by atoms with Gasteiger partial charge < -0.3 is 0 Å². The summed E-state index contributed by atoms with van der Waals surface area (Å²) < 4.78 is 56.8. The minimum absolute atomic E-state index is 0.0843. The van der Waals surface area contributed by atoms with Gasteiger partial charge in [-0.1, -0.05) is 36.4 Å². The van der Waals surface area contributed by atoms with Crippen molar-refractivity contribution in [3.8, 4) is 0 Å². The van der Waals surface area contributed by atoms with E-state index in [4.69, 9.17) is 0 Å². The van der Waals surface area contributed by atoms with Crippen LogP contribution in [0.3, 0.4) is 0 Å². The van der Waals surface area contributed by atoms with Gasteiger partial charge in [0.1, 0.15) is 11.6 Å². The topological polar surface area (TPSA) is 59.9 Å². The normalized spacial score (nSPS) is 15.5. The van der Waals surface area contributed by atoms with Gasteiger partial charge in [0.2, 0.25) is 0 Å². The molecule has 2 aliphatic carbocycles. The van der Waals surface area contributed by atoms with Crippen molar-refractivity contribution in [2.75, 3.05) is 0 Å². The van der Waals surface area contributed by atoms with Crippen molar-refractivity contribution in [3.63, 3.8) is 0 Å². The van der Waals surface area contributed by atoms with E-state index >= 15 is 8.78 Å². The molecule has 2 heterocycles. The van der Waals surface area contributed by atoms with Gasteiger partial charge in [-0.25, -0.2) is 17.2 Å². The first-order valence-corrected chi connectivity index (χ1v) is 16.6. The van der Waals surface area contributed by atoms with Crippen LogP contribution in [0.2, 0.25) is 0 Å². The molecule has 0 N–H and O–H groups in total. The lowest BCUT2D eigenvalue weighted by Crippen LogP contribution is -2.10. The van der Waals surface area contributed by atoms with Crippen LogP contribution in [-0.2, 0) is 21.3 Å². The van der Waals surface area contributed by atoms with E-state index < -0.39 is 33.0 Å². The molecule has 4 aromatic rings. The van der Waals surface area contributed by atoms with Gasteiger partial charge in [-0.2, -0.15) is 0 Å². The minimum Gasteiger partial charge on any atom is -0.253 e. The number of nitrogens with zero attached hydrogens (tertiary/aromatic N) is 2. The van der Waals surface area contributed by atoms with Crippen LogP contribution in [0.4, 0.5) is 8.78 Å². The summed E-state index contributed by atoms with van der Waals surface area (Å²) in [4.78, 5) is 9.30. The van der Waals surface area contributed by atoms with E-state index in [0.29, 0.717) is 0 Å². The van der Waals surface area contributed by atoms with Gasteiger partial charge >= 0.3 is 0 Å². The van der Waals surface area contributed by atoms with Crippen LogP contribution < -0.4 is 0 Å². The molecule has 7 heteroatoms. The average molecular weight is 597 g/mol. The first-order valence-electron chi connectivity index (χ1n) is 14.8. The standard InChI is InChI=1S/C36H34F2N2O2S/c1-23-7-3-13-35(39-23)31-11-5-9-29(31)25-15-17-27(33(37)19-25)21-43(41,42)22-28-18-16-26(20-34(28)38)30-10-6-12-32(30)36-14-4-8-24(2)40-36/h3-4,7-8,13-20H,5-6,9-12,21-22H2,1-2H3. The van der Waals surface area contributed by atoms with E-state index in [1.54, 1.807) is 24.3 Å². The van der Waals surface area contributed by atoms with Crippen molar-refractivity contribution in [2.45, 2.75) is 63.9 Å². The molecule has 0 saturated carbocycles. The zero-order valence-corrected chi connectivity index (χ0v) is 25.3. The molecule has 0 atom stereocenters. The number of rotatable bonds is 8. The highest BCUT2D eigenvalue weighted by Gasteiger charge is 2.24. The fourth-order valence-corrected chi connectivity index (χ4v) is 7.86. The third kappa shape index (κ3) is 6.37. The van der Waals surface area contributed by atoms with Gasteiger partial charge in [-0.15, -0.1) is 0 Å². The summed E-state index contributed by atoms with van der Waals surface area (Å²) in [5.74, 6) is -2.14. The lowest BCUT2D eigenvalue weighted by atomic mass is 9.98. The summed E-state index contributed by atoms with van der Waals surface area (Å²) in [5, 5.41) is 0. The number of hydrogen-bond acceptors (Lipinski definition) is 4. The van der Waals surface area contributed by atoms with E-state index in [2.05, 4.69) is 9.97 Å². The summed E-state index contributed by atoms with van der Waals surface area (Å²) in [6.45, 7) is 3.89. The summed E-state index contributed by atoms with van der Waals surface area (Å²) in [7, 11) is -3.84. The molecule has 6 rings (SSSR count). The van der Waals surface area contributed by atoms with Crippen LogP contribution in [0.5, 0.6) is 0 Å². The van der Waals surface area contributed by atoms with Gasteiger partial charge in [-0.3, -0.25) is 9.97 Å². The maximum atomic E-state index is 15.3. The second-order valence-electron chi connectivity index (χ2n) is 11.6. The van der Waals surface area contributed by atoms with Crippen molar-refractivity contribution >= 4 is 32.1 Å². The minimum atomic E-state index is -3.84. The molecule has 0 spiro atoms. The Kier molecular flexibility index (Phi) is 8.10. The lowest BCUT2D eigenvalue weighted by Gasteiger charge is -2.12. The first-order chi connectivity index (χ1) is 20.7. The highest BCUT2D eigenvalue weighted by atomic mass is 32.2. The zero-order chi connectivity index (χ0) is 30.1. The number of benzene rings is 2. The molecule has 4 nitrogen and oxygen atoms in total. The lowest BCUT2D eigenvalue weighted by molar-refractivity contribution is 0.580. The molecule has 220 valence electrons. The number of pyridine rings is 2. The molecule has 0 aliphatic heterocycles. The number of hydrogen-bond donors (Lipinski definition) is 0. The van der Waals surface area contributed by atoms with Crippen LogP contribution in [0.15, 0.2) is 72.8 Å². The Bertz CT molecular complexity index is 1760. The Morgan fingerprint density at radius 2 is 1.02 bits per heavy atom. The van der Waals surface area contributed by atoms with Gasteiger partial charge in [0.15, 0.2) is 9.84 Å². The molecule has 2 aromatic heterocycles. The molecular formula is C36H34F2N2O2S. The smallest absolute Gasteiger partial charge is 0.158 e. The fraction of sp³-hybridized carbons (Fsp3) is 0.278. The first kappa shape index (κ1) is 29.1. The Morgan fingerprint density at radius 1 is 0.605 bits per heavy atom. The quantitative estimate of drug-likeness (QED) is 0.204. The van der Waals surface area contributed by atoms with Gasteiger partial charge in [0.05, 0.1) is 22.9 Å². The monoisotopic (exact) mass is 596 g/mol. The van der Waals surface area contributed by atoms with Crippen molar-refractivity contribution in [3.05, 3.63) is 129 Å². The Hall–Kier alpha value is -3.97. The van der Waals surface area contributed by atoms with E-state index in [1.807, 2.05) is 50.2 Å². The SMILES string of the molecule is Cc1cccc(C2=C(c3ccc(CS(=O)(=O)Cc4ccc(C5=C(c6cccc(C)n6)CCC5)cc4F)c(F)c3)CCC2)n1. The average Bonchev–Trinajstić information content (AvgIpc) is 3.66. The number of aryl methyl sites for hydroxylation is 2. The zero-order valence-electron chi connectivity index (χ0n) is 24.5. The van der Waals surface area contributed by atoms with Crippen molar-refractivity contribution in [2.24, 2.45) is 0 Å². The largest absolute Gasteiger partial charge is 0.253 e. The molecular weight excluding hydrogens is 562 g/mol. The van der Waals surface area contributed by atoms with Crippen LogP contribution in [0.1, 0.15) is 83.6 Å². The molecule has 0 bridgehead atoms. The molecule has 0 radical (unpaired) electrons. The molecule has 0 unspecified atom stereocenters. The Morgan fingerprint density at radius 3 is 1.42 bits per heavy atom. The van der Waals surface area contributed by atoms with Crippen LogP contribution in [0.25, 0.3) is 22.3 Å². The number of sulfone groups is 1. The summed E-state index contributed by atoms with van der Waals surface area (Å²) in [5.41, 5.74) is 9.63. The Balaban J connectivity index is 1.20.